The van der Waals surface area contributed by atoms with E-state index in [1.165, 1.54) is 0 Å². The highest BCUT2D eigenvalue weighted by Gasteiger charge is 2.50. The van der Waals surface area contributed by atoms with Crippen LogP contribution in [0.1, 0.15) is 40.2 Å². The zero-order chi connectivity index (χ0) is 22.3. The van der Waals surface area contributed by atoms with Gasteiger partial charge in [-0.1, -0.05) is 24.3 Å². The molecular weight excluding hydrogens is 426 g/mol. The summed E-state index contributed by atoms with van der Waals surface area (Å²) < 4.78 is 11.9. The summed E-state index contributed by atoms with van der Waals surface area (Å²) in [5.41, 5.74) is 1.04. The van der Waals surface area contributed by atoms with Gasteiger partial charge >= 0.3 is 6.03 Å². The van der Waals surface area contributed by atoms with Crippen LogP contribution in [-0.4, -0.2) is 24.8 Å². The summed E-state index contributed by atoms with van der Waals surface area (Å²) in [5, 5.41) is 7.98. The quantitative estimate of drug-likeness (QED) is 0.603. The first-order chi connectivity index (χ1) is 15.5. The first kappa shape index (κ1) is 20.4. The van der Waals surface area contributed by atoms with E-state index in [1.54, 1.807) is 41.5 Å². The summed E-state index contributed by atoms with van der Waals surface area (Å²) in [7, 11) is 1.60. The van der Waals surface area contributed by atoms with E-state index in [0.29, 0.717) is 35.7 Å². The van der Waals surface area contributed by atoms with Crippen molar-refractivity contribution in [3.63, 3.8) is 0 Å². The van der Waals surface area contributed by atoms with Gasteiger partial charge in [0.2, 0.25) is 0 Å². The molecule has 3 amide bonds. The summed E-state index contributed by atoms with van der Waals surface area (Å²) in [6.07, 6.45) is 0.563. The van der Waals surface area contributed by atoms with E-state index >= 15 is 0 Å². The third-order valence-corrected chi connectivity index (χ3v) is 6.73. The molecule has 8 heteroatoms. The van der Waals surface area contributed by atoms with E-state index in [0.717, 1.165) is 10.4 Å². The maximum Gasteiger partial charge on any atom is 0.325 e. The Balaban J connectivity index is 1.44. The number of hydrogen-bond acceptors (Lipinski definition) is 5. The number of benzene rings is 2. The van der Waals surface area contributed by atoms with Gasteiger partial charge in [0.25, 0.3) is 5.91 Å². The summed E-state index contributed by atoms with van der Waals surface area (Å²) in [4.78, 5) is 28.5. The zero-order valence-electron chi connectivity index (χ0n) is 17.8. The standard InChI is InChI=1S/C24H23N3O4S/c1-24-13-19(18-9-4-10-20(30-2)21(18)31-24)26-23(29)27(24)16-7-3-6-15(12-16)22(28)25-14-17-8-5-11-32-17/h3-12,19H,13-14H2,1-2H3,(H,25,28)(H,26,29). The molecule has 1 saturated heterocycles. The number of para-hydroxylation sites is 1. The molecule has 0 radical (unpaired) electrons. The minimum Gasteiger partial charge on any atom is -0.493 e. The molecule has 2 unspecified atom stereocenters. The van der Waals surface area contributed by atoms with Crippen LogP contribution in [0, 0.1) is 0 Å². The van der Waals surface area contributed by atoms with E-state index in [2.05, 4.69) is 10.6 Å². The minimum absolute atomic E-state index is 0.181. The minimum atomic E-state index is -0.930. The van der Waals surface area contributed by atoms with Crippen LogP contribution in [0.5, 0.6) is 11.5 Å². The van der Waals surface area contributed by atoms with Crippen LogP contribution in [0.3, 0.4) is 0 Å². The SMILES string of the molecule is COc1cccc2c1OC1(C)CC2NC(=O)N1c1cccc(C(=O)NCc2cccs2)c1. The lowest BCUT2D eigenvalue weighted by Gasteiger charge is -2.50. The molecule has 2 aromatic carbocycles. The lowest BCUT2D eigenvalue weighted by molar-refractivity contribution is 0.0349. The number of fused-ring (bicyclic) bond motifs is 4. The van der Waals surface area contributed by atoms with Crippen molar-refractivity contribution >= 4 is 29.0 Å². The van der Waals surface area contributed by atoms with Gasteiger partial charge < -0.3 is 20.1 Å². The van der Waals surface area contributed by atoms with Crippen LogP contribution in [0.4, 0.5) is 10.5 Å². The third kappa shape index (κ3) is 3.46. The molecule has 2 aliphatic rings. The van der Waals surface area contributed by atoms with Gasteiger partial charge in [-0.25, -0.2) is 4.79 Å². The normalized spacial score (nSPS) is 21.2. The summed E-state index contributed by atoms with van der Waals surface area (Å²) in [5.74, 6) is 1.05. The van der Waals surface area contributed by atoms with Gasteiger partial charge in [0.1, 0.15) is 0 Å². The third-order valence-electron chi connectivity index (χ3n) is 5.85. The molecule has 3 aromatic rings. The molecule has 2 N–H and O–H groups in total. The molecule has 3 heterocycles. The Kier molecular flexibility index (Phi) is 5.01. The van der Waals surface area contributed by atoms with Crippen molar-refractivity contribution in [2.24, 2.45) is 0 Å². The molecule has 5 rings (SSSR count). The van der Waals surface area contributed by atoms with Gasteiger partial charge in [-0.15, -0.1) is 11.3 Å². The lowest BCUT2D eigenvalue weighted by atomic mass is 9.89. The maximum absolute atomic E-state index is 13.1. The summed E-state index contributed by atoms with van der Waals surface area (Å²) in [6, 6.07) is 16.2. The summed E-state index contributed by atoms with van der Waals surface area (Å²) in [6.45, 7) is 2.35. The second-order valence-corrected chi connectivity index (χ2v) is 9.04. The number of nitrogens with one attached hydrogen (secondary N) is 2. The highest BCUT2D eigenvalue weighted by atomic mass is 32.1. The average Bonchev–Trinajstić information content (AvgIpc) is 3.30. The van der Waals surface area contributed by atoms with Gasteiger partial charge in [-0.3, -0.25) is 9.69 Å². The molecule has 1 aromatic heterocycles. The number of rotatable bonds is 5. The van der Waals surface area contributed by atoms with E-state index in [9.17, 15) is 9.59 Å². The van der Waals surface area contributed by atoms with Crippen molar-refractivity contribution in [1.82, 2.24) is 10.6 Å². The van der Waals surface area contributed by atoms with Gasteiger partial charge in [-0.2, -0.15) is 0 Å². The van der Waals surface area contributed by atoms with Gasteiger partial charge in [0, 0.05) is 22.4 Å². The Morgan fingerprint density at radius 2 is 2.12 bits per heavy atom. The molecule has 32 heavy (non-hydrogen) atoms. The predicted molar refractivity (Wildman–Crippen MR) is 122 cm³/mol. The van der Waals surface area contributed by atoms with Crippen molar-refractivity contribution in [3.05, 3.63) is 76.0 Å². The molecule has 0 aliphatic carbocycles. The zero-order valence-corrected chi connectivity index (χ0v) is 18.6. The molecule has 2 bridgehead atoms. The Bertz CT molecular complexity index is 1180. The van der Waals surface area contributed by atoms with Crippen LogP contribution < -0.4 is 25.0 Å². The fraction of sp³-hybridized carbons (Fsp3) is 0.250. The first-order valence-corrected chi connectivity index (χ1v) is 11.2. The highest BCUT2D eigenvalue weighted by molar-refractivity contribution is 7.09. The molecule has 0 saturated carbocycles. The molecule has 7 nitrogen and oxygen atoms in total. The number of carbonyl (C=O) groups excluding carboxylic acids is 2. The maximum atomic E-state index is 13.1. The highest BCUT2D eigenvalue weighted by Crippen LogP contribution is 2.49. The number of thiophene rings is 1. The van der Waals surface area contributed by atoms with Crippen LogP contribution in [0.15, 0.2) is 60.0 Å². The molecule has 1 fully saturated rings. The van der Waals surface area contributed by atoms with Crippen LogP contribution in [-0.2, 0) is 6.54 Å². The number of nitrogens with zero attached hydrogens (tertiary/aromatic N) is 1. The van der Waals surface area contributed by atoms with Gasteiger partial charge in [0.05, 0.1) is 25.4 Å². The average molecular weight is 450 g/mol. The van der Waals surface area contributed by atoms with Gasteiger partial charge in [-0.05, 0) is 42.6 Å². The lowest BCUT2D eigenvalue weighted by Crippen LogP contribution is -2.65. The van der Waals surface area contributed by atoms with Gasteiger partial charge in [0.15, 0.2) is 17.2 Å². The Hall–Kier alpha value is -3.52. The monoisotopic (exact) mass is 449 g/mol. The Morgan fingerprint density at radius 3 is 2.91 bits per heavy atom. The molecule has 2 atom stereocenters. The second-order valence-electron chi connectivity index (χ2n) is 8.01. The predicted octanol–water partition coefficient (Wildman–Crippen LogP) is 4.46. The fourth-order valence-electron chi connectivity index (χ4n) is 4.38. The number of hydrogen-bond donors (Lipinski definition) is 2. The van der Waals surface area contributed by atoms with E-state index < -0.39 is 5.72 Å². The molecule has 0 spiro atoms. The van der Waals surface area contributed by atoms with E-state index in [-0.39, 0.29) is 18.0 Å². The van der Waals surface area contributed by atoms with Crippen molar-refractivity contribution in [1.29, 1.82) is 0 Å². The number of ether oxygens (including phenoxy) is 2. The Labute approximate surface area is 190 Å². The smallest absolute Gasteiger partial charge is 0.325 e. The number of anilines is 1. The van der Waals surface area contributed by atoms with Crippen LogP contribution >= 0.6 is 11.3 Å². The Morgan fingerprint density at radius 1 is 1.28 bits per heavy atom. The van der Waals surface area contributed by atoms with Crippen LogP contribution in [0.2, 0.25) is 0 Å². The van der Waals surface area contributed by atoms with Crippen molar-refractivity contribution in [3.8, 4) is 11.5 Å². The number of methoxy groups -OCH3 is 1. The van der Waals surface area contributed by atoms with E-state index in [1.807, 2.05) is 48.7 Å². The first-order valence-electron chi connectivity index (χ1n) is 10.4. The second kappa shape index (κ2) is 7.87. The fourth-order valence-corrected chi connectivity index (χ4v) is 5.03. The topological polar surface area (TPSA) is 79.9 Å². The largest absolute Gasteiger partial charge is 0.493 e. The van der Waals surface area contributed by atoms with Crippen LogP contribution in [0.25, 0.3) is 0 Å². The van der Waals surface area contributed by atoms with Crippen molar-refractivity contribution < 1.29 is 19.1 Å². The molecular formula is C24H23N3O4S. The summed E-state index contributed by atoms with van der Waals surface area (Å²) >= 11 is 1.59. The van der Waals surface area contributed by atoms with Crippen molar-refractivity contribution in [2.75, 3.05) is 12.0 Å². The molecule has 164 valence electrons. The number of carbonyl (C=O) groups is 2. The number of amides is 3. The van der Waals surface area contributed by atoms with E-state index in [4.69, 9.17) is 9.47 Å². The van der Waals surface area contributed by atoms with Crippen molar-refractivity contribution in [2.45, 2.75) is 31.7 Å². The number of urea groups is 1. The molecule has 2 aliphatic heterocycles.